The first-order valence-electron chi connectivity index (χ1n) is 6.52. The molecule has 2 fully saturated rings. The second-order valence-electron chi connectivity index (χ2n) is 4.81. The molecule has 0 aromatic carbocycles. The fourth-order valence-corrected chi connectivity index (χ4v) is 3.05. The highest BCUT2D eigenvalue weighted by molar-refractivity contribution is 4.90. The van der Waals surface area contributed by atoms with Gasteiger partial charge in [-0.25, -0.2) is 0 Å². The Labute approximate surface area is 92.9 Å². The zero-order valence-electron chi connectivity index (χ0n) is 9.80. The molecule has 3 heteroatoms. The Kier molecular flexibility index (Phi) is 4.42. The minimum absolute atomic E-state index is 0.578. The van der Waals surface area contributed by atoms with Crippen molar-refractivity contribution in [3.8, 4) is 0 Å². The lowest BCUT2D eigenvalue weighted by Crippen LogP contribution is -2.46. The summed E-state index contributed by atoms with van der Waals surface area (Å²) in [6, 6.07) is 1.32. The van der Waals surface area contributed by atoms with Crippen molar-refractivity contribution >= 4 is 0 Å². The van der Waals surface area contributed by atoms with Crippen molar-refractivity contribution in [3.63, 3.8) is 0 Å². The average Bonchev–Trinajstić information content (AvgIpc) is 2.80. The summed E-state index contributed by atoms with van der Waals surface area (Å²) in [4.78, 5) is 5.39. The summed E-state index contributed by atoms with van der Waals surface area (Å²) >= 11 is 0. The molecular formula is C12H24N2O. The van der Waals surface area contributed by atoms with E-state index >= 15 is 0 Å². The third-order valence-electron chi connectivity index (χ3n) is 3.81. The van der Waals surface area contributed by atoms with Crippen molar-refractivity contribution in [2.75, 3.05) is 13.2 Å². The van der Waals surface area contributed by atoms with Crippen molar-refractivity contribution < 1.29 is 4.84 Å². The first-order valence-corrected chi connectivity index (χ1v) is 6.52. The fourth-order valence-electron chi connectivity index (χ4n) is 3.05. The van der Waals surface area contributed by atoms with Crippen LogP contribution in [0.1, 0.15) is 45.4 Å². The molecule has 2 rings (SSSR count). The maximum atomic E-state index is 5.39. The Balaban J connectivity index is 1.86. The van der Waals surface area contributed by atoms with E-state index in [1.807, 2.05) is 6.92 Å². The van der Waals surface area contributed by atoms with E-state index in [1.165, 1.54) is 45.1 Å². The lowest BCUT2D eigenvalue weighted by atomic mass is 9.79. The van der Waals surface area contributed by atoms with Crippen molar-refractivity contribution in [1.29, 1.82) is 0 Å². The lowest BCUT2D eigenvalue weighted by molar-refractivity contribution is -0.00734. The van der Waals surface area contributed by atoms with Crippen LogP contribution >= 0.6 is 0 Å². The summed E-state index contributed by atoms with van der Waals surface area (Å²) < 4.78 is 0. The minimum Gasteiger partial charge on any atom is -0.314 e. The number of hydrogen-bond acceptors (Lipinski definition) is 3. The van der Waals surface area contributed by atoms with Gasteiger partial charge in [-0.05, 0) is 45.1 Å². The van der Waals surface area contributed by atoms with Crippen LogP contribution in [0.4, 0.5) is 0 Å². The molecule has 1 saturated heterocycles. The van der Waals surface area contributed by atoms with Crippen LogP contribution in [0.2, 0.25) is 0 Å². The van der Waals surface area contributed by atoms with Crippen LogP contribution in [-0.2, 0) is 4.84 Å². The SMILES string of the molecule is CCONC1CCCCC1C1CCCN1. The van der Waals surface area contributed by atoms with Gasteiger partial charge < -0.3 is 10.2 Å². The minimum atomic E-state index is 0.578. The van der Waals surface area contributed by atoms with Gasteiger partial charge in [0.25, 0.3) is 0 Å². The monoisotopic (exact) mass is 212 g/mol. The van der Waals surface area contributed by atoms with Crippen LogP contribution in [0, 0.1) is 5.92 Å². The quantitative estimate of drug-likeness (QED) is 0.698. The molecule has 0 spiro atoms. The zero-order chi connectivity index (χ0) is 10.5. The van der Waals surface area contributed by atoms with Crippen LogP contribution in [-0.4, -0.2) is 25.2 Å². The maximum Gasteiger partial charge on any atom is 0.0654 e. The predicted molar refractivity (Wildman–Crippen MR) is 61.5 cm³/mol. The molecule has 2 N–H and O–H groups in total. The summed E-state index contributed by atoms with van der Waals surface area (Å²) in [6.45, 7) is 4.02. The topological polar surface area (TPSA) is 33.3 Å². The van der Waals surface area contributed by atoms with Gasteiger partial charge in [0.15, 0.2) is 0 Å². The number of hydrogen-bond donors (Lipinski definition) is 2. The molecule has 3 nitrogen and oxygen atoms in total. The van der Waals surface area contributed by atoms with Crippen LogP contribution in [0.25, 0.3) is 0 Å². The summed E-state index contributed by atoms with van der Waals surface area (Å²) in [7, 11) is 0. The van der Waals surface area contributed by atoms with Gasteiger partial charge in [0.1, 0.15) is 0 Å². The Morgan fingerprint density at radius 2 is 2.07 bits per heavy atom. The van der Waals surface area contributed by atoms with Gasteiger partial charge in [0, 0.05) is 12.1 Å². The second-order valence-corrected chi connectivity index (χ2v) is 4.81. The van der Waals surface area contributed by atoms with Gasteiger partial charge in [-0.1, -0.05) is 12.8 Å². The van der Waals surface area contributed by atoms with Crippen LogP contribution < -0.4 is 10.8 Å². The Hall–Kier alpha value is -0.120. The van der Waals surface area contributed by atoms with Crippen molar-refractivity contribution in [2.45, 2.75) is 57.5 Å². The number of nitrogens with one attached hydrogen (secondary N) is 2. The molecule has 0 aromatic rings. The van der Waals surface area contributed by atoms with Gasteiger partial charge in [-0.15, -0.1) is 0 Å². The molecule has 1 aliphatic heterocycles. The molecule has 1 saturated carbocycles. The standard InChI is InChI=1S/C12H24N2O/c1-2-15-14-12-7-4-3-6-10(12)11-8-5-9-13-11/h10-14H,2-9H2,1H3. The van der Waals surface area contributed by atoms with Crippen molar-refractivity contribution in [2.24, 2.45) is 5.92 Å². The molecule has 3 atom stereocenters. The van der Waals surface area contributed by atoms with E-state index < -0.39 is 0 Å². The van der Waals surface area contributed by atoms with Crippen LogP contribution in [0.3, 0.4) is 0 Å². The lowest BCUT2D eigenvalue weighted by Gasteiger charge is -2.35. The summed E-state index contributed by atoms with van der Waals surface area (Å²) in [6.07, 6.45) is 8.10. The number of hydroxylamine groups is 1. The molecule has 88 valence electrons. The summed E-state index contributed by atoms with van der Waals surface area (Å²) in [5.41, 5.74) is 3.26. The normalized spacial score (nSPS) is 37.0. The Bertz CT molecular complexity index is 180. The zero-order valence-corrected chi connectivity index (χ0v) is 9.80. The van der Waals surface area contributed by atoms with E-state index in [4.69, 9.17) is 4.84 Å². The van der Waals surface area contributed by atoms with E-state index in [9.17, 15) is 0 Å². The van der Waals surface area contributed by atoms with Gasteiger partial charge in [-0.2, -0.15) is 5.48 Å². The highest BCUT2D eigenvalue weighted by Gasteiger charge is 2.33. The van der Waals surface area contributed by atoms with E-state index in [-0.39, 0.29) is 0 Å². The highest BCUT2D eigenvalue weighted by Crippen LogP contribution is 2.30. The molecule has 0 amide bonds. The smallest absolute Gasteiger partial charge is 0.0654 e. The van der Waals surface area contributed by atoms with Gasteiger partial charge in [-0.3, -0.25) is 0 Å². The Morgan fingerprint density at radius 3 is 2.80 bits per heavy atom. The molecule has 3 unspecified atom stereocenters. The molecule has 0 bridgehead atoms. The first kappa shape index (κ1) is 11.4. The maximum absolute atomic E-state index is 5.39. The molecule has 0 radical (unpaired) electrons. The molecular weight excluding hydrogens is 188 g/mol. The second kappa shape index (κ2) is 5.83. The fraction of sp³-hybridized carbons (Fsp3) is 1.00. The molecule has 0 aromatic heterocycles. The molecule has 2 aliphatic rings. The van der Waals surface area contributed by atoms with E-state index in [1.54, 1.807) is 0 Å². The van der Waals surface area contributed by atoms with Crippen molar-refractivity contribution in [1.82, 2.24) is 10.8 Å². The van der Waals surface area contributed by atoms with Crippen LogP contribution in [0.5, 0.6) is 0 Å². The highest BCUT2D eigenvalue weighted by atomic mass is 16.6. The Morgan fingerprint density at radius 1 is 1.20 bits per heavy atom. The molecule has 15 heavy (non-hydrogen) atoms. The first-order chi connectivity index (χ1) is 7.42. The predicted octanol–water partition coefficient (Wildman–Crippen LogP) is 1.84. The summed E-state index contributed by atoms with van der Waals surface area (Å²) in [5.74, 6) is 0.785. The number of rotatable bonds is 4. The molecule has 1 aliphatic carbocycles. The van der Waals surface area contributed by atoms with Gasteiger partial charge in [0.05, 0.1) is 6.61 Å². The summed E-state index contributed by atoms with van der Waals surface area (Å²) in [5, 5.41) is 3.64. The van der Waals surface area contributed by atoms with Crippen molar-refractivity contribution in [3.05, 3.63) is 0 Å². The third-order valence-corrected chi connectivity index (χ3v) is 3.81. The third kappa shape index (κ3) is 2.92. The van der Waals surface area contributed by atoms with Crippen LogP contribution in [0.15, 0.2) is 0 Å². The molecule has 1 heterocycles. The van der Waals surface area contributed by atoms with E-state index in [0.717, 1.165) is 18.6 Å². The average molecular weight is 212 g/mol. The largest absolute Gasteiger partial charge is 0.314 e. The van der Waals surface area contributed by atoms with E-state index in [0.29, 0.717) is 6.04 Å². The van der Waals surface area contributed by atoms with E-state index in [2.05, 4.69) is 10.8 Å². The van der Waals surface area contributed by atoms with Gasteiger partial charge in [0.2, 0.25) is 0 Å². The van der Waals surface area contributed by atoms with Gasteiger partial charge >= 0.3 is 0 Å².